The predicted octanol–water partition coefficient (Wildman–Crippen LogP) is 4.44. The minimum atomic E-state index is -3.90. The molecule has 4 rings (SSSR count). The lowest BCUT2D eigenvalue weighted by Gasteiger charge is -2.08. The summed E-state index contributed by atoms with van der Waals surface area (Å²) in [5.41, 5.74) is 0.358. The summed E-state index contributed by atoms with van der Waals surface area (Å²) < 4.78 is 68.3. The first-order valence-electron chi connectivity index (χ1n) is 9.13. The normalized spacial score (nSPS) is 11.6. The number of hydrogen-bond donors (Lipinski definition) is 2. The van der Waals surface area contributed by atoms with Crippen molar-refractivity contribution in [1.82, 2.24) is 9.71 Å². The minimum absolute atomic E-state index is 0.00433. The van der Waals surface area contributed by atoms with Crippen molar-refractivity contribution in [2.75, 3.05) is 5.32 Å². The van der Waals surface area contributed by atoms with Crippen LogP contribution in [0.5, 0.6) is 0 Å². The Labute approximate surface area is 184 Å². The van der Waals surface area contributed by atoms with E-state index in [1.165, 1.54) is 24.3 Å². The minimum Gasteiger partial charge on any atom is -0.298 e. The summed E-state index contributed by atoms with van der Waals surface area (Å²) in [6, 6.07) is 15.0. The van der Waals surface area contributed by atoms with E-state index in [1.807, 2.05) is 6.07 Å². The number of nitrogens with one attached hydrogen (secondary N) is 2. The van der Waals surface area contributed by atoms with Gasteiger partial charge in [0.15, 0.2) is 22.6 Å². The van der Waals surface area contributed by atoms with Crippen LogP contribution in [0.25, 0.3) is 10.2 Å². The molecular weight excluding hydrogens is 463 g/mol. The van der Waals surface area contributed by atoms with Gasteiger partial charge in [-0.1, -0.05) is 47.7 Å². The Morgan fingerprint density at radius 1 is 0.969 bits per heavy atom. The second-order valence-electron chi connectivity index (χ2n) is 6.64. The molecule has 11 heteroatoms. The highest BCUT2D eigenvalue weighted by atomic mass is 32.2. The van der Waals surface area contributed by atoms with Gasteiger partial charge in [-0.25, -0.2) is 31.3 Å². The Morgan fingerprint density at radius 3 is 2.47 bits per heavy atom. The fraction of sp³-hybridized carbons (Fsp3) is 0.0476. The molecule has 32 heavy (non-hydrogen) atoms. The monoisotopic (exact) mass is 477 g/mol. The third-order valence-electron chi connectivity index (χ3n) is 4.46. The fourth-order valence-electron chi connectivity index (χ4n) is 2.86. The molecule has 1 heterocycles. The zero-order valence-electron chi connectivity index (χ0n) is 16.1. The Kier molecular flexibility index (Phi) is 5.96. The van der Waals surface area contributed by atoms with Crippen LogP contribution in [-0.2, 0) is 16.6 Å². The van der Waals surface area contributed by atoms with Crippen LogP contribution < -0.4 is 10.0 Å². The second kappa shape index (κ2) is 8.69. The molecule has 0 aliphatic carbocycles. The van der Waals surface area contributed by atoms with E-state index in [1.54, 1.807) is 24.3 Å². The van der Waals surface area contributed by atoms with Crippen molar-refractivity contribution < 1.29 is 26.4 Å². The molecular formula is C21H14F3N3O3S2. The average molecular weight is 477 g/mol. The predicted molar refractivity (Wildman–Crippen MR) is 114 cm³/mol. The topological polar surface area (TPSA) is 88.2 Å². The highest BCUT2D eigenvalue weighted by Crippen LogP contribution is 2.30. The van der Waals surface area contributed by atoms with E-state index in [0.29, 0.717) is 0 Å². The van der Waals surface area contributed by atoms with Crippen molar-refractivity contribution in [3.05, 3.63) is 89.2 Å². The summed E-state index contributed by atoms with van der Waals surface area (Å²) in [6.45, 7) is 0.0734. The Balaban J connectivity index is 1.53. The molecule has 0 aliphatic heterocycles. The van der Waals surface area contributed by atoms with Crippen LogP contribution in [0.2, 0.25) is 0 Å². The molecule has 1 aromatic heterocycles. The van der Waals surface area contributed by atoms with E-state index in [0.717, 1.165) is 23.0 Å². The number of hydrogen-bond acceptors (Lipinski definition) is 5. The summed E-state index contributed by atoms with van der Waals surface area (Å²) in [5.74, 6) is -5.18. The molecule has 0 aliphatic rings. The van der Waals surface area contributed by atoms with Gasteiger partial charge >= 0.3 is 0 Å². The van der Waals surface area contributed by atoms with Crippen LogP contribution in [0.15, 0.2) is 65.6 Å². The molecule has 0 atom stereocenters. The molecule has 0 unspecified atom stereocenters. The molecule has 0 saturated heterocycles. The maximum Gasteiger partial charge on any atom is 0.257 e. The van der Waals surface area contributed by atoms with Crippen molar-refractivity contribution in [3.63, 3.8) is 0 Å². The maximum atomic E-state index is 13.9. The number of thiazole rings is 1. The zero-order chi connectivity index (χ0) is 22.9. The summed E-state index contributed by atoms with van der Waals surface area (Å²) in [5, 5.41) is 2.30. The number of fused-ring (bicyclic) bond motifs is 1. The van der Waals surface area contributed by atoms with Crippen LogP contribution >= 0.6 is 11.3 Å². The molecule has 2 N–H and O–H groups in total. The standard InChI is InChI=1S/C21H14F3N3O3S2/c22-15-10-16-19(18(24)17(15)23)26-21(31-16)27-20(28)13-7-4-8-14(9-13)32(29,30)25-11-12-5-2-1-3-6-12/h1-10,25H,11H2,(H,26,27,28). The van der Waals surface area contributed by atoms with Crippen LogP contribution in [0.3, 0.4) is 0 Å². The van der Waals surface area contributed by atoms with Crippen molar-refractivity contribution >= 4 is 42.6 Å². The molecule has 3 aromatic carbocycles. The third-order valence-corrected chi connectivity index (χ3v) is 6.77. The zero-order valence-corrected chi connectivity index (χ0v) is 17.7. The first-order valence-corrected chi connectivity index (χ1v) is 11.4. The summed E-state index contributed by atoms with van der Waals surface area (Å²) in [7, 11) is -3.90. The molecule has 0 saturated carbocycles. The van der Waals surface area contributed by atoms with Gasteiger partial charge in [0.1, 0.15) is 5.52 Å². The molecule has 1 amide bonds. The number of halogens is 3. The lowest BCUT2D eigenvalue weighted by atomic mass is 10.2. The second-order valence-corrected chi connectivity index (χ2v) is 9.44. The van der Waals surface area contributed by atoms with Gasteiger partial charge in [0.2, 0.25) is 10.0 Å². The van der Waals surface area contributed by atoms with Crippen LogP contribution in [0, 0.1) is 17.5 Å². The van der Waals surface area contributed by atoms with Crippen molar-refractivity contribution in [2.45, 2.75) is 11.4 Å². The average Bonchev–Trinajstić information content (AvgIpc) is 3.19. The molecule has 0 radical (unpaired) electrons. The van der Waals surface area contributed by atoms with E-state index in [2.05, 4.69) is 15.0 Å². The van der Waals surface area contributed by atoms with Crippen LogP contribution in [-0.4, -0.2) is 19.3 Å². The first kappa shape index (κ1) is 21.9. The van der Waals surface area contributed by atoms with Crippen molar-refractivity contribution in [3.8, 4) is 0 Å². The van der Waals surface area contributed by atoms with Crippen molar-refractivity contribution in [2.24, 2.45) is 0 Å². The highest BCUT2D eigenvalue weighted by molar-refractivity contribution is 7.89. The van der Waals surface area contributed by atoms with Gasteiger partial charge in [0.05, 0.1) is 9.60 Å². The van der Waals surface area contributed by atoms with Gasteiger partial charge in [0.25, 0.3) is 5.91 Å². The lowest BCUT2D eigenvalue weighted by Crippen LogP contribution is -2.23. The van der Waals surface area contributed by atoms with Crippen LogP contribution in [0.1, 0.15) is 15.9 Å². The van der Waals surface area contributed by atoms with Gasteiger partial charge in [-0.05, 0) is 29.8 Å². The summed E-state index contributed by atoms with van der Waals surface area (Å²) in [4.78, 5) is 16.2. The number of benzene rings is 3. The number of carbonyl (C=O) groups excluding carboxylic acids is 1. The maximum absolute atomic E-state index is 13.9. The number of carbonyl (C=O) groups is 1. The number of sulfonamides is 1. The number of rotatable bonds is 6. The number of anilines is 1. The Hall–Kier alpha value is -3.28. The van der Waals surface area contributed by atoms with E-state index in [4.69, 9.17) is 0 Å². The van der Waals surface area contributed by atoms with E-state index < -0.39 is 38.9 Å². The summed E-state index contributed by atoms with van der Waals surface area (Å²) in [6.07, 6.45) is 0. The van der Waals surface area contributed by atoms with Gasteiger partial charge in [-0.3, -0.25) is 10.1 Å². The summed E-state index contributed by atoms with van der Waals surface area (Å²) >= 11 is 0.752. The number of amides is 1. The Morgan fingerprint density at radius 2 is 1.72 bits per heavy atom. The number of nitrogens with zero attached hydrogens (tertiary/aromatic N) is 1. The highest BCUT2D eigenvalue weighted by Gasteiger charge is 2.20. The lowest BCUT2D eigenvalue weighted by molar-refractivity contribution is 0.102. The molecule has 6 nitrogen and oxygen atoms in total. The SMILES string of the molecule is O=C(Nc1nc2c(F)c(F)c(F)cc2s1)c1cccc(S(=O)(=O)NCc2ccccc2)c1. The van der Waals surface area contributed by atoms with E-state index in [9.17, 15) is 26.4 Å². The van der Waals surface area contributed by atoms with Gasteiger partial charge < -0.3 is 0 Å². The van der Waals surface area contributed by atoms with Gasteiger partial charge in [-0.2, -0.15) is 0 Å². The molecule has 4 aromatic rings. The molecule has 164 valence electrons. The first-order chi connectivity index (χ1) is 15.2. The third kappa shape index (κ3) is 4.49. The smallest absolute Gasteiger partial charge is 0.257 e. The van der Waals surface area contributed by atoms with E-state index >= 15 is 0 Å². The molecule has 0 spiro atoms. The quantitative estimate of drug-likeness (QED) is 0.402. The van der Waals surface area contributed by atoms with E-state index in [-0.39, 0.29) is 26.8 Å². The van der Waals surface area contributed by atoms with Gasteiger partial charge in [0, 0.05) is 12.1 Å². The van der Waals surface area contributed by atoms with Crippen LogP contribution in [0.4, 0.5) is 18.3 Å². The molecule has 0 bridgehead atoms. The number of aromatic nitrogens is 1. The van der Waals surface area contributed by atoms with Crippen molar-refractivity contribution in [1.29, 1.82) is 0 Å². The Bertz CT molecular complexity index is 1420. The van der Waals surface area contributed by atoms with Gasteiger partial charge in [-0.15, -0.1) is 0 Å². The molecule has 0 fully saturated rings. The largest absolute Gasteiger partial charge is 0.298 e. The fourth-order valence-corrected chi connectivity index (χ4v) is 4.81.